The SMILES string of the molecule is CC1CCCC(CCl)(Nc2nccc3ccccc23)C1. The molecular formula is C17H21ClN2. The van der Waals surface area contributed by atoms with Crippen LogP contribution in [0.3, 0.4) is 0 Å². The fourth-order valence-corrected chi connectivity index (χ4v) is 3.71. The number of fused-ring (bicyclic) bond motifs is 1. The van der Waals surface area contributed by atoms with E-state index < -0.39 is 0 Å². The summed E-state index contributed by atoms with van der Waals surface area (Å²) in [7, 11) is 0. The third kappa shape index (κ3) is 2.62. The summed E-state index contributed by atoms with van der Waals surface area (Å²) in [5, 5.41) is 6.07. The molecule has 1 fully saturated rings. The predicted octanol–water partition coefficient (Wildman–Crippen LogP) is 4.83. The van der Waals surface area contributed by atoms with Crippen LogP contribution in [-0.2, 0) is 0 Å². The van der Waals surface area contributed by atoms with Gasteiger partial charge >= 0.3 is 0 Å². The minimum absolute atomic E-state index is 0.00362. The Hall–Kier alpha value is -1.28. The summed E-state index contributed by atoms with van der Waals surface area (Å²) in [6, 6.07) is 10.4. The van der Waals surface area contributed by atoms with E-state index in [1.165, 1.54) is 23.6 Å². The molecular weight excluding hydrogens is 268 g/mol. The van der Waals surface area contributed by atoms with Crippen molar-refractivity contribution in [2.75, 3.05) is 11.2 Å². The third-order valence-corrected chi connectivity index (χ3v) is 4.92. The molecule has 20 heavy (non-hydrogen) atoms. The lowest BCUT2D eigenvalue weighted by Gasteiger charge is -2.40. The van der Waals surface area contributed by atoms with Gasteiger partial charge in [0, 0.05) is 17.5 Å². The molecule has 106 valence electrons. The van der Waals surface area contributed by atoms with Gasteiger partial charge in [0.25, 0.3) is 0 Å². The first-order chi connectivity index (χ1) is 9.72. The quantitative estimate of drug-likeness (QED) is 0.818. The van der Waals surface area contributed by atoms with Crippen LogP contribution in [0, 0.1) is 5.92 Å². The average molecular weight is 289 g/mol. The normalized spacial score (nSPS) is 26.6. The van der Waals surface area contributed by atoms with Crippen LogP contribution in [0.5, 0.6) is 0 Å². The largest absolute Gasteiger partial charge is 0.363 e. The van der Waals surface area contributed by atoms with Crippen molar-refractivity contribution in [3.8, 4) is 0 Å². The zero-order valence-electron chi connectivity index (χ0n) is 11.9. The van der Waals surface area contributed by atoms with E-state index in [4.69, 9.17) is 11.6 Å². The third-order valence-electron chi connectivity index (χ3n) is 4.40. The number of nitrogens with zero attached hydrogens (tertiary/aromatic N) is 1. The molecule has 0 radical (unpaired) electrons. The summed E-state index contributed by atoms with van der Waals surface area (Å²) in [4.78, 5) is 4.55. The molecule has 2 nitrogen and oxygen atoms in total. The van der Waals surface area contributed by atoms with Gasteiger partial charge < -0.3 is 5.32 Å². The molecule has 0 amide bonds. The van der Waals surface area contributed by atoms with E-state index in [9.17, 15) is 0 Å². The standard InChI is InChI=1S/C17H21ClN2/c1-13-5-4-9-17(11-13,12-18)20-16-15-7-3-2-6-14(15)8-10-19-16/h2-3,6-8,10,13H,4-5,9,11-12H2,1H3,(H,19,20). The van der Waals surface area contributed by atoms with E-state index in [1.807, 2.05) is 6.20 Å². The van der Waals surface area contributed by atoms with E-state index in [0.29, 0.717) is 5.88 Å². The van der Waals surface area contributed by atoms with Gasteiger partial charge in [-0.3, -0.25) is 0 Å². The first kappa shape index (κ1) is 13.7. The molecule has 2 atom stereocenters. The number of alkyl halides is 1. The summed E-state index contributed by atoms with van der Waals surface area (Å²) in [5.74, 6) is 2.34. The molecule has 3 rings (SSSR count). The number of hydrogen-bond acceptors (Lipinski definition) is 2. The lowest BCUT2D eigenvalue weighted by atomic mass is 9.77. The topological polar surface area (TPSA) is 24.9 Å². The Balaban J connectivity index is 1.95. The number of rotatable bonds is 3. The fourth-order valence-electron chi connectivity index (χ4n) is 3.40. The van der Waals surface area contributed by atoms with Crippen LogP contribution in [0.25, 0.3) is 10.8 Å². The van der Waals surface area contributed by atoms with Crippen LogP contribution in [0.15, 0.2) is 36.5 Å². The van der Waals surface area contributed by atoms with Crippen LogP contribution < -0.4 is 5.32 Å². The Morgan fingerprint density at radius 3 is 3.00 bits per heavy atom. The number of pyridine rings is 1. The Morgan fingerprint density at radius 1 is 1.35 bits per heavy atom. The summed E-state index contributed by atoms with van der Waals surface area (Å²) in [6.07, 6.45) is 6.68. The second-order valence-corrected chi connectivity index (χ2v) is 6.39. The summed E-state index contributed by atoms with van der Waals surface area (Å²) < 4.78 is 0. The van der Waals surface area contributed by atoms with E-state index in [1.54, 1.807) is 0 Å². The number of benzene rings is 1. The van der Waals surface area contributed by atoms with Crippen LogP contribution >= 0.6 is 11.6 Å². The first-order valence-corrected chi connectivity index (χ1v) is 7.94. The highest BCUT2D eigenvalue weighted by molar-refractivity contribution is 6.19. The summed E-state index contributed by atoms with van der Waals surface area (Å²) >= 11 is 6.31. The van der Waals surface area contributed by atoms with Crippen molar-refractivity contribution in [2.24, 2.45) is 5.92 Å². The van der Waals surface area contributed by atoms with Gasteiger partial charge in [-0.05, 0) is 30.2 Å². The van der Waals surface area contributed by atoms with Crippen molar-refractivity contribution in [3.63, 3.8) is 0 Å². The second-order valence-electron chi connectivity index (χ2n) is 6.12. The van der Waals surface area contributed by atoms with Crippen LogP contribution in [-0.4, -0.2) is 16.4 Å². The molecule has 0 saturated heterocycles. The van der Waals surface area contributed by atoms with E-state index >= 15 is 0 Å². The predicted molar refractivity (Wildman–Crippen MR) is 86.4 cm³/mol. The molecule has 0 bridgehead atoms. The maximum absolute atomic E-state index is 6.31. The zero-order chi connectivity index (χ0) is 14.0. The van der Waals surface area contributed by atoms with Gasteiger partial charge in [0.05, 0.1) is 5.54 Å². The van der Waals surface area contributed by atoms with Gasteiger partial charge in [0.1, 0.15) is 5.82 Å². The van der Waals surface area contributed by atoms with Crippen molar-refractivity contribution in [3.05, 3.63) is 36.5 Å². The summed E-state index contributed by atoms with van der Waals surface area (Å²) in [6.45, 7) is 2.32. The lowest BCUT2D eigenvalue weighted by molar-refractivity contribution is 0.279. The van der Waals surface area contributed by atoms with E-state index in [0.717, 1.165) is 24.6 Å². The number of anilines is 1. The Bertz CT molecular complexity index is 593. The Morgan fingerprint density at radius 2 is 2.20 bits per heavy atom. The van der Waals surface area contributed by atoms with Crippen molar-refractivity contribution in [1.82, 2.24) is 4.98 Å². The monoisotopic (exact) mass is 288 g/mol. The highest BCUT2D eigenvalue weighted by atomic mass is 35.5. The minimum Gasteiger partial charge on any atom is -0.363 e. The first-order valence-electron chi connectivity index (χ1n) is 7.40. The maximum Gasteiger partial charge on any atom is 0.134 e. The molecule has 2 aromatic rings. The maximum atomic E-state index is 6.31. The van der Waals surface area contributed by atoms with Crippen LogP contribution in [0.4, 0.5) is 5.82 Å². The molecule has 3 heteroatoms. The number of hydrogen-bond donors (Lipinski definition) is 1. The number of aromatic nitrogens is 1. The van der Waals surface area contributed by atoms with Crippen molar-refractivity contribution in [2.45, 2.75) is 38.1 Å². The Kier molecular flexibility index (Phi) is 3.84. The van der Waals surface area contributed by atoms with Crippen LogP contribution in [0.2, 0.25) is 0 Å². The molecule has 1 heterocycles. The second kappa shape index (κ2) is 5.61. The van der Waals surface area contributed by atoms with Gasteiger partial charge in [0.15, 0.2) is 0 Å². The number of halogens is 1. The fraction of sp³-hybridized carbons (Fsp3) is 0.471. The van der Waals surface area contributed by atoms with Crippen molar-refractivity contribution < 1.29 is 0 Å². The zero-order valence-corrected chi connectivity index (χ0v) is 12.7. The highest BCUT2D eigenvalue weighted by Gasteiger charge is 2.34. The molecule has 0 aliphatic heterocycles. The molecule has 1 aliphatic rings. The molecule has 1 aromatic heterocycles. The Labute approximate surface area is 125 Å². The van der Waals surface area contributed by atoms with Gasteiger partial charge in [0.2, 0.25) is 0 Å². The molecule has 1 aliphatic carbocycles. The van der Waals surface area contributed by atoms with Gasteiger partial charge in [-0.2, -0.15) is 0 Å². The molecule has 1 saturated carbocycles. The smallest absolute Gasteiger partial charge is 0.134 e. The van der Waals surface area contributed by atoms with Gasteiger partial charge in [-0.25, -0.2) is 4.98 Å². The molecule has 0 spiro atoms. The van der Waals surface area contributed by atoms with Crippen molar-refractivity contribution in [1.29, 1.82) is 0 Å². The van der Waals surface area contributed by atoms with E-state index in [-0.39, 0.29) is 5.54 Å². The lowest BCUT2D eigenvalue weighted by Crippen LogP contribution is -2.44. The molecule has 1 aromatic carbocycles. The van der Waals surface area contributed by atoms with Crippen LogP contribution in [0.1, 0.15) is 32.6 Å². The minimum atomic E-state index is -0.00362. The molecule has 2 unspecified atom stereocenters. The number of nitrogens with one attached hydrogen (secondary N) is 1. The van der Waals surface area contributed by atoms with Gasteiger partial charge in [-0.15, -0.1) is 11.6 Å². The van der Waals surface area contributed by atoms with E-state index in [2.05, 4.69) is 47.6 Å². The van der Waals surface area contributed by atoms with Crippen molar-refractivity contribution >= 4 is 28.2 Å². The highest BCUT2D eigenvalue weighted by Crippen LogP contribution is 2.36. The van der Waals surface area contributed by atoms with Gasteiger partial charge in [-0.1, -0.05) is 44.0 Å². The molecule has 1 N–H and O–H groups in total. The average Bonchev–Trinajstić information content (AvgIpc) is 2.48. The summed E-state index contributed by atoms with van der Waals surface area (Å²) in [5.41, 5.74) is -0.00362.